The van der Waals surface area contributed by atoms with Crippen molar-refractivity contribution in [2.75, 3.05) is 17.4 Å². The first-order valence-electron chi connectivity index (χ1n) is 12.3. The van der Waals surface area contributed by atoms with Gasteiger partial charge in [0.25, 0.3) is 10.0 Å². The van der Waals surface area contributed by atoms with Crippen molar-refractivity contribution in [1.82, 2.24) is 10.2 Å². The van der Waals surface area contributed by atoms with E-state index in [1.165, 1.54) is 4.90 Å². The van der Waals surface area contributed by atoms with Crippen LogP contribution in [0.4, 0.5) is 5.69 Å². The Morgan fingerprint density at radius 1 is 0.865 bits per heavy atom. The molecule has 7 nitrogen and oxygen atoms in total. The van der Waals surface area contributed by atoms with Crippen molar-refractivity contribution in [2.24, 2.45) is 0 Å². The van der Waals surface area contributed by atoms with Crippen LogP contribution >= 0.6 is 0 Å². The molecule has 0 spiro atoms. The van der Waals surface area contributed by atoms with Crippen LogP contribution in [-0.4, -0.2) is 44.3 Å². The third-order valence-corrected chi connectivity index (χ3v) is 8.12. The fraction of sp³-hybridized carbons (Fsp3) is 0.310. The summed E-state index contributed by atoms with van der Waals surface area (Å²) in [7, 11) is -4.06. The highest BCUT2D eigenvalue weighted by Gasteiger charge is 2.32. The summed E-state index contributed by atoms with van der Waals surface area (Å²) < 4.78 is 28.7. The van der Waals surface area contributed by atoms with Gasteiger partial charge in [0.05, 0.1) is 10.6 Å². The Hall–Kier alpha value is -3.65. The zero-order chi connectivity index (χ0) is 27.2. The van der Waals surface area contributed by atoms with Crippen LogP contribution in [0.25, 0.3) is 0 Å². The summed E-state index contributed by atoms with van der Waals surface area (Å²) >= 11 is 0. The maximum Gasteiger partial charge on any atom is 0.264 e. The molecule has 0 saturated heterocycles. The van der Waals surface area contributed by atoms with E-state index in [4.69, 9.17) is 0 Å². The Kier molecular flexibility index (Phi) is 9.10. The van der Waals surface area contributed by atoms with E-state index in [9.17, 15) is 18.0 Å². The Labute approximate surface area is 220 Å². The summed E-state index contributed by atoms with van der Waals surface area (Å²) in [5, 5.41) is 2.77. The number of likely N-dealkylation sites (N-methyl/N-ethyl adjacent to an activating group) is 1. The van der Waals surface area contributed by atoms with Crippen molar-refractivity contribution < 1.29 is 18.0 Å². The normalized spacial score (nSPS) is 12.0. The molecule has 196 valence electrons. The van der Waals surface area contributed by atoms with Gasteiger partial charge in [0.2, 0.25) is 11.8 Å². The first-order chi connectivity index (χ1) is 17.5. The van der Waals surface area contributed by atoms with Gasteiger partial charge >= 0.3 is 0 Å². The van der Waals surface area contributed by atoms with Crippen LogP contribution in [0.5, 0.6) is 0 Å². The number of sulfonamides is 1. The molecule has 3 aromatic rings. The average Bonchev–Trinajstić information content (AvgIpc) is 2.87. The van der Waals surface area contributed by atoms with Gasteiger partial charge in [-0.25, -0.2) is 8.42 Å². The topological polar surface area (TPSA) is 86.8 Å². The minimum absolute atomic E-state index is 0.0914. The summed E-state index contributed by atoms with van der Waals surface area (Å²) in [6.45, 7) is 9.35. The van der Waals surface area contributed by atoms with Crippen LogP contribution in [0, 0.1) is 20.8 Å². The minimum atomic E-state index is -4.06. The molecule has 1 unspecified atom stereocenters. The lowest BCUT2D eigenvalue weighted by Crippen LogP contribution is -2.51. The smallest absolute Gasteiger partial charge is 0.264 e. The van der Waals surface area contributed by atoms with Crippen molar-refractivity contribution in [1.29, 1.82) is 0 Å². The molecule has 0 bridgehead atoms. The quantitative estimate of drug-likeness (QED) is 0.430. The fourth-order valence-corrected chi connectivity index (χ4v) is 5.37. The maximum atomic E-state index is 13.8. The monoisotopic (exact) mass is 521 g/mol. The molecule has 37 heavy (non-hydrogen) atoms. The van der Waals surface area contributed by atoms with Gasteiger partial charge in [-0.15, -0.1) is 0 Å². The summed E-state index contributed by atoms with van der Waals surface area (Å²) in [6, 6.07) is 20.4. The highest BCUT2D eigenvalue weighted by atomic mass is 32.2. The van der Waals surface area contributed by atoms with E-state index in [0.717, 1.165) is 26.6 Å². The Morgan fingerprint density at radius 3 is 2.00 bits per heavy atom. The van der Waals surface area contributed by atoms with Gasteiger partial charge in [-0.1, -0.05) is 59.7 Å². The van der Waals surface area contributed by atoms with Crippen molar-refractivity contribution in [2.45, 2.75) is 52.1 Å². The van der Waals surface area contributed by atoms with Gasteiger partial charge in [-0.2, -0.15) is 0 Å². The van der Waals surface area contributed by atoms with Gasteiger partial charge in [0.15, 0.2) is 0 Å². The Morgan fingerprint density at radius 2 is 1.43 bits per heavy atom. The van der Waals surface area contributed by atoms with Crippen molar-refractivity contribution in [3.8, 4) is 0 Å². The van der Waals surface area contributed by atoms with E-state index in [0.29, 0.717) is 12.2 Å². The summed E-state index contributed by atoms with van der Waals surface area (Å²) in [4.78, 5) is 28.1. The number of nitrogens with zero attached hydrogens (tertiary/aromatic N) is 2. The number of nitrogens with one attached hydrogen (secondary N) is 1. The van der Waals surface area contributed by atoms with E-state index in [2.05, 4.69) is 5.32 Å². The molecule has 2 amide bonds. The van der Waals surface area contributed by atoms with Gasteiger partial charge in [-0.05, 0) is 70.0 Å². The van der Waals surface area contributed by atoms with E-state index in [1.54, 1.807) is 55.5 Å². The molecule has 0 radical (unpaired) electrons. The molecule has 1 N–H and O–H groups in total. The van der Waals surface area contributed by atoms with Gasteiger partial charge < -0.3 is 10.2 Å². The molecule has 0 fully saturated rings. The molecule has 3 aromatic carbocycles. The summed E-state index contributed by atoms with van der Waals surface area (Å²) in [6.07, 6.45) is 0. The van der Waals surface area contributed by atoms with E-state index < -0.39 is 28.5 Å². The number of amides is 2. The van der Waals surface area contributed by atoms with Crippen LogP contribution in [0.3, 0.4) is 0 Å². The first-order valence-corrected chi connectivity index (χ1v) is 13.8. The molecular formula is C29H35N3O4S. The highest BCUT2D eigenvalue weighted by molar-refractivity contribution is 7.92. The number of carbonyl (C=O) groups excluding carboxylic acids is 2. The van der Waals surface area contributed by atoms with Gasteiger partial charge in [0, 0.05) is 13.1 Å². The number of aryl methyl sites for hydroxylation is 3. The largest absolute Gasteiger partial charge is 0.355 e. The standard InChI is InChI=1S/C29H35N3O4S/c1-6-30-29(34)24(5)31(19-25-10-8-7-9-23(25)4)28(33)20-32(26-15-11-21(2)12-16-26)37(35,36)27-17-13-22(3)14-18-27/h7-18,24H,6,19-20H2,1-5H3,(H,30,34). The van der Waals surface area contributed by atoms with Crippen molar-refractivity contribution in [3.05, 3.63) is 95.1 Å². The lowest BCUT2D eigenvalue weighted by molar-refractivity contribution is -0.139. The average molecular weight is 522 g/mol. The summed E-state index contributed by atoms with van der Waals surface area (Å²) in [5.74, 6) is -0.772. The minimum Gasteiger partial charge on any atom is -0.355 e. The first kappa shape index (κ1) is 27.9. The van der Waals surface area contributed by atoms with Gasteiger partial charge in [-0.3, -0.25) is 13.9 Å². The zero-order valence-corrected chi connectivity index (χ0v) is 22.9. The number of hydrogen-bond acceptors (Lipinski definition) is 4. The van der Waals surface area contributed by atoms with Crippen molar-refractivity contribution in [3.63, 3.8) is 0 Å². The van der Waals surface area contributed by atoms with Crippen LogP contribution < -0.4 is 9.62 Å². The molecule has 0 aliphatic carbocycles. The summed E-state index contributed by atoms with van der Waals surface area (Å²) in [5.41, 5.74) is 4.13. The van der Waals surface area contributed by atoms with Gasteiger partial charge in [0.1, 0.15) is 12.6 Å². The predicted octanol–water partition coefficient (Wildman–Crippen LogP) is 4.36. The SMILES string of the molecule is CCNC(=O)C(C)N(Cc1ccccc1C)C(=O)CN(c1ccc(C)cc1)S(=O)(=O)c1ccc(C)cc1. The number of carbonyl (C=O) groups is 2. The molecule has 0 saturated carbocycles. The molecule has 0 aliphatic heterocycles. The second-order valence-corrected chi connectivity index (χ2v) is 11.0. The van der Waals surface area contributed by atoms with Crippen molar-refractivity contribution >= 4 is 27.5 Å². The second-order valence-electron chi connectivity index (χ2n) is 9.18. The molecule has 0 heterocycles. The maximum absolute atomic E-state index is 13.8. The zero-order valence-electron chi connectivity index (χ0n) is 22.1. The number of benzene rings is 3. The number of anilines is 1. The van der Waals surface area contributed by atoms with Crippen LogP contribution in [0.15, 0.2) is 77.7 Å². The Balaban J connectivity index is 2.03. The molecule has 3 rings (SSSR count). The van der Waals surface area contributed by atoms with Crippen LogP contribution in [0.1, 0.15) is 36.1 Å². The van der Waals surface area contributed by atoms with Crippen LogP contribution in [-0.2, 0) is 26.2 Å². The fourth-order valence-electron chi connectivity index (χ4n) is 3.95. The molecule has 8 heteroatoms. The second kappa shape index (κ2) is 12.1. The molecule has 1 atom stereocenters. The Bertz CT molecular complexity index is 1340. The lowest BCUT2D eigenvalue weighted by Gasteiger charge is -2.32. The third-order valence-electron chi connectivity index (χ3n) is 6.33. The molecule has 0 aromatic heterocycles. The van der Waals surface area contributed by atoms with E-state index >= 15 is 0 Å². The molecule has 0 aliphatic rings. The highest BCUT2D eigenvalue weighted by Crippen LogP contribution is 2.25. The lowest BCUT2D eigenvalue weighted by atomic mass is 10.1. The number of hydrogen-bond donors (Lipinski definition) is 1. The number of rotatable bonds is 10. The molecular weight excluding hydrogens is 486 g/mol. The third kappa shape index (κ3) is 6.77. The van der Waals surface area contributed by atoms with Crippen LogP contribution in [0.2, 0.25) is 0 Å². The predicted molar refractivity (Wildman–Crippen MR) is 147 cm³/mol. The van der Waals surface area contributed by atoms with E-state index in [1.807, 2.05) is 52.0 Å². The van der Waals surface area contributed by atoms with E-state index in [-0.39, 0.29) is 17.3 Å².